The SMILES string of the molecule is Nc1cccc2c1C(=O)N(C(=O)CC1CNC1)C2=O. The van der Waals surface area contributed by atoms with E-state index in [-0.39, 0.29) is 29.2 Å². The first kappa shape index (κ1) is 11.9. The molecule has 3 rings (SSSR count). The molecular formula is C13H13N3O3. The molecule has 6 heteroatoms. The van der Waals surface area contributed by atoms with Gasteiger partial charge in [0.15, 0.2) is 0 Å². The number of rotatable bonds is 2. The third kappa shape index (κ3) is 1.72. The maximum Gasteiger partial charge on any atom is 0.270 e. The molecule has 19 heavy (non-hydrogen) atoms. The fourth-order valence-corrected chi connectivity index (χ4v) is 2.37. The average Bonchev–Trinajstić information content (AvgIpc) is 2.58. The van der Waals surface area contributed by atoms with E-state index in [4.69, 9.17) is 5.73 Å². The number of carbonyl (C=O) groups excluding carboxylic acids is 3. The molecule has 0 bridgehead atoms. The van der Waals surface area contributed by atoms with Gasteiger partial charge in [0.25, 0.3) is 11.8 Å². The van der Waals surface area contributed by atoms with Crippen LogP contribution in [-0.4, -0.2) is 35.7 Å². The number of carbonyl (C=O) groups is 3. The minimum atomic E-state index is -0.601. The topological polar surface area (TPSA) is 92.5 Å². The molecule has 2 aliphatic rings. The molecule has 0 radical (unpaired) electrons. The lowest BCUT2D eigenvalue weighted by molar-refractivity contribution is -0.127. The number of fused-ring (bicyclic) bond motifs is 1. The molecule has 2 aliphatic heterocycles. The molecule has 1 saturated heterocycles. The van der Waals surface area contributed by atoms with Crippen LogP contribution in [0.4, 0.5) is 5.69 Å². The second-order valence-electron chi connectivity index (χ2n) is 4.84. The third-order valence-electron chi connectivity index (χ3n) is 3.53. The molecule has 1 aromatic rings. The van der Waals surface area contributed by atoms with Gasteiger partial charge in [0.2, 0.25) is 5.91 Å². The number of nitrogen functional groups attached to an aromatic ring is 1. The van der Waals surface area contributed by atoms with Gasteiger partial charge in [-0.15, -0.1) is 0 Å². The number of benzene rings is 1. The molecule has 3 N–H and O–H groups in total. The quantitative estimate of drug-likeness (QED) is 0.576. The number of nitrogens with zero attached hydrogens (tertiary/aromatic N) is 1. The molecule has 0 unspecified atom stereocenters. The van der Waals surface area contributed by atoms with Crippen molar-refractivity contribution in [2.24, 2.45) is 5.92 Å². The van der Waals surface area contributed by atoms with Gasteiger partial charge in [0.1, 0.15) is 0 Å². The molecule has 98 valence electrons. The van der Waals surface area contributed by atoms with E-state index in [0.717, 1.165) is 18.0 Å². The van der Waals surface area contributed by atoms with Crippen molar-refractivity contribution in [1.29, 1.82) is 0 Å². The maximum atomic E-state index is 12.1. The minimum absolute atomic E-state index is 0.146. The highest BCUT2D eigenvalue weighted by Crippen LogP contribution is 2.28. The highest BCUT2D eigenvalue weighted by molar-refractivity contribution is 6.30. The Bertz CT molecular complexity index is 593. The number of hydrogen-bond acceptors (Lipinski definition) is 5. The van der Waals surface area contributed by atoms with Crippen LogP contribution >= 0.6 is 0 Å². The van der Waals surface area contributed by atoms with E-state index >= 15 is 0 Å². The summed E-state index contributed by atoms with van der Waals surface area (Å²) in [5.74, 6) is -1.41. The summed E-state index contributed by atoms with van der Waals surface area (Å²) in [5, 5.41) is 3.05. The Kier molecular flexibility index (Phi) is 2.60. The van der Waals surface area contributed by atoms with Crippen molar-refractivity contribution in [1.82, 2.24) is 10.2 Å². The smallest absolute Gasteiger partial charge is 0.270 e. The Labute approximate surface area is 109 Å². The van der Waals surface area contributed by atoms with Crippen molar-refractivity contribution >= 4 is 23.4 Å². The molecule has 1 aromatic carbocycles. The molecule has 1 fully saturated rings. The Balaban J connectivity index is 1.89. The monoisotopic (exact) mass is 259 g/mol. The highest BCUT2D eigenvalue weighted by Gasteiger charge is 2.41. The maximum absolute atomic E-state index is 12.1. The van der Waals surface area contributed by atoms with Gasteiger partial charge in [-0.3, -0.25) is 14.4 Å². The zero-order chi connectivity index (χ0) is 13.6. The Hall–Kier alpha value is -2.21. The lowest BCUT2D eigenvalue weighted by atomic mass is 9.99. The Morgan fingerprint density at radius 2 is 2.05 bits per heavy atom. The number of hydrogen-bond donors (Lipinski definition) is 2. The summed E-state index contributed by atoms with van der Waals surface area (Å²) >= 11 is 0. The van der Waals surface area contributed by atoms with Crippen LogP contribution in [0.1, 0.15) is 27.1 Å². The Morgan fingerprint density at radius 1 is 1.32 bits per heavy atom. The largest absolute Gasteiger partial charge is 0.398 e. The predicted molar refractivity (Wildman–Crippen MR) is 67.3 cm³/mol. The summed E-state index contributed by atoms with van der Waals surface area (Å²) in [7, 11) is 0. The summed E-state index contributed by atoms with van der Waals surface area (Å²) in [5.41, 5.74) is 6.30. The van der Waals surface area contributed by atoms with Crippen LogP contribution in [-0.2, 0) is 4.79 Å². The van der Waals surface area contributed by atoms with Gasteiger partial charge in [-0.05, 0) is 31.1 Å². The molecule has 0 spiro atoms. The molecule has 6 nitrogen and oxygen atoms in total. The molecule has 0 aromatic heterocycles. The van der Waals surface area contributed by atoms with Crippen molar-refractivity contribution < 1.29 is 14.4 Å². The molecule has 0 aliphatic carbocycles. The summed E-state index contributed by atoms with van der Waals surface area (Å²) < 4.78 is 0. The van der Waals surface area contributed by atoms with Gasteiger partial charge in [0.05, 0.1) is 11.1 Å². The van der Waals surface area contributed by atoms with Crippen LogP contribution in [0.5, 0.6) is 0 Å². The lowest BCUT2D eigenvalue weighted by Gasteiger charge is -2.27. The van der Waals surface area contributed by atoms with Crippen molar-refractivity contribution in [3.63, 3.8) is 0 Å². The second-order valence-corrected chi connectivity index (χ2v) is 4.84. The van der Waals surface area contributed by atoms with E-state index < -0.39 is 17.7 Å². The van der Waals surface area contributed by atoms with Crippen molar-refractivity contribution in [3.8, 4) is 0 Å². The van der Waals surface area contributed by atoms with Crippen molar-refractivity contribution in [2.45, 2.75) is 6.42 Å². The standard InChI is InChI=1S/C13H13N3O3/c14-9-3-1-2-8-11(9)13(19)16(12(8)18)10(17)4-7-5-15-6-7/h1-3,7,15H,4-6,14H2. The summed E-state index contributed by atoms with van der Waals surface area (Å²) in [6, 6.07) is 4.67. The van der Waals surface area contributed by atoms with E-state index in [9.17, 15) is 14.4 Å². The van der Waals surface area contributed by atoms with Crippen LogP contribution in [0.3, 0.4) is 0 Å². The van der Waals surface area contributed by atoms with E-state index in [0.29, 0.717) is 0 Å². The van der Waals surface area contributed by atoms with Crippen LogP contribution in [0.25, 0.3) is 0 Å². The normalized spacial score (nSPS) is 18.4. The van der Waals surface area contributed by atoms with Gasteiger partial charge in [-0.25, -0.2) is 4.90 Å². The van der Waals surface area contributed by atoms with E-state index in [1.165, 1.54) is 6.07 Å². The fraction of sp³-hybridized carbons (Fsp3) is 0.308. The van der Waals surface area contributed by atoms with Gasteiger partial charge in [-0.1, -0.05) is 6.07 Å². The first-order chi connectivity index (χ1) is 9.09. The number of anilines is 1. The van der Waals surface area contributed by atoms with E-state index in [1.54, 1.807) is 12.1 Å². The number of nitrogens with one attached hydrogen (secondary N) is 1. The summed E-state index contributed by atoms with van der Waals surface area (Å²) in [4.78, 5) is 37.0. The van der Waals surface area contributed by atoms with Crippen LogP contribution in [0.2, 0.25) is 0 Å². The van der Waals surface area contributed by atoms with Gasteiger partial charge in [0, 0.05) is 12.1 Å². The third-order valence-corrected chi connectivity index (χ3v) is 3.53. The van der Waals surface area contributed by atoms with Gasteiger partial charge < -0.3 is 11.1 Å². The molecule has 0 atom stereocenters. The highest BCUT2D eigenvalue weighted by atomic mass is 16.2. The predicted octanol–water partition coefficient (Wildman–Crippen LogP) is 0.000900. The summed E-state index contributed by atoms with van der Waals surface area (Å²) in [6.45, 7) is 1.49. The molecule has 0 saturated carbocycles. The zero-order valence-corrected chi connectivity index (χ0v) is 10.2. The minimum Gasteiger partial charge on any atom is -0.398 e. The molecular weight excluding hydrogens is 246 g/mol. The number of imide groups is 3. The molecule has 2 heterocycles. The molecule has 3 amide bonds. The average molecular weight is 259 g/mol. The first-order valence-corrected chi connectivity index (χ1v) is 6.10. The van der Waals surface area contributed by atoms with Crippen LogP contribution in [0, 0.1) is 5.92 Å². The Morgan fingerprint density at radius 3 is 2.63 bits per heavy atom. The van der Waals surface area contributed by atoms with Crippen LogP contribution in [0.15, 0.2) is 18.2 Å². The van der Waals surface area contributed by atoms with E-state index in [2.05, 4.69) is 5.32 Å². The van der Waals surface area contributed by atoms with Crippen LogP contribution < -0.4 is 11.1 Å². The summed E-state index contributed by atoms with van der Waals surface area (Å²) in [6.07, 6.45) is 0.207. The first-order valence-electron chi connectivity index (χ1n) is 6.10. The van der Waals surface area contributed by atoms with Gasteiger partial charge >= 0.3 is 0 Å². The second kappa shape index (κ2) is 4.17. The van der Waals surface area contributed by atoms with E-state index in [1.807, 2.05) is 0 Å². The lowest BCUT2D eigenvalue weighted by Crippen LogP contribution is -2.46. The van der Waals surface area contributed by atoms with Crippen molar-refractivity contribution in [3.05, 3.63) is 29.3 Å². The number of amides is 3. The number of nitrogens with two attached hydrogens (primary N) is 1. The van der Waals surface area contributed by atoms with Crippen molar-refractivity contribution in [2.75, 3.05) is 18.8 Å². The zero-order valence-electron chi connectivity index (χ0n) is 10.2. The fourth-order valence-electron chi connectivity index (χ4n) is 2.37. The van der Waals surface area contributed by atoms with Gasteiger partial charge in [-0.2, -0.15) is 0 Å².